The lowest BCUT2D eigenvalue weighted by Gasteiger charge is -2.16. The van der Waals surface area contributed by atoms with Crippen LogP contribution in [0, 0.1) is 16.6 Å². The van der Waals surface area contributed by atoms with E-state index in [4.69, 9.17) is 12.2 Å². The topological polar surface area (TPSA) is 33.6 Å². The molecule has 1 aliphatic carbocycles. The second kappa shape index (κ2) is 4.08. The fourth-order valence-electron chi connectivity index (χ4n) is 1.66. The summed E-state index contributed by atoms with van der Waals surface area (Å²) in [4.78, 5) is 0. The predicted molar refractivity (Wildman–Crippen MR) is 63.4 cm³/mol. The van der Waals surface area contributed by atoms with Crippen LogP contribution in [0.4, 0.5) is 0 Å². The van der Waals surface area contributed by atoms with Crippen LogP contribution in [0.15, 0.2) is 0 Å². The van der Waals surface area contributed by atoms with Crippen molar-refractivity contribution < 1.29 is 0 Å². The van der Waals surface area contributed by atoms with E-state index in [2.05, 4.69) is 35.5 Å². The van der Waals surface area contributed by atoms with Crippen molar-refractivity contribution in [3.8, 4) is 0 Å². The van der Waals surface area contributed by atoms with E-state index in [1.807, 2.05) is 0 Å². The summed E-state index contributed by atoms with van der Waals surface area (Å²) in [5.41, 5.74) is 0. The Labute approximate surface area is 95.9 Å². The molecule has 0 bridgehead atoms. The molecule has 3 nitrogen and oxygen atoms in total. The van der Waals surface area contributed by atoms with Gasteiger partial charge in [0.25, 0.3) is 0 Å². The molecule has 2 rings (SSSR count). The Bertz CT molecular complexity index is 387. The van der Waals surface area contributed by atoms with Crippen LogP contribution in [-0.2, 0) is 6.54 Å². The van der Waals surface area contributed by atoms with Crippen molar-refractivity contribution in [3.05, 3.63) is 10.6 Å². The number of hydrogen-bond acceptors (Lipinski definition) is 2. The first-order valence-electron chi connectivity index (χ1n) is 5.74. The highest BCUT2D eigenvalue weighted by Gasteiger charge is 2.29. The van der Waals surface area contributed by atoms with E-state index in [1.54, 1.807) is 0 Å². The quantitative estimate of drug-likeness (QED) is 0.799. The number of H-pyrrole nitrogens is 1. The standard InChI is InChI=1S/C11H19N3S/c1-7(2)8(3)6-14-10(9-4-5-9)12-13-11(14)15/h7-9H,4-6H2,1-3H3,(H,13,15). The Morgan fingerprint density at radius 2 is 2.13 bits per heavy atom. The van der Waals surface area contributed by atoms with Gasteiger partial charge < -0.3 is 4.57 Å². The maximum Gasteiger partial charge on any atom is 0.195 e. The molecule has 1 N–H and O–H groups in total. The normalized spacial score (nSPS) is 18.4. The van der Waals surface area contributed by atoms with Crippen LogP contribution in [0.5, 0.6) is 0 Å². The van der Waals surface area contributed by atoms with Gasteiger partial charge >= 0.3 is 0 Å². The summed E-state index contributed by atoms with van der Waals surface area (Å²) in [6.07, 6.45) is 2.55. The lowest BCUT2D eigenvalue weighted by atomic mass is 9.98. The first-order valence-corrected chi connectivity index (χ1v) is 6.15. The Hall–Kier alpha value is -0.640. The fourth-order valence-corrected chi connectivity index (χ4v) is 1.87. The van der Waals surface area contributed by atoms with Gasteiger partial charge in [0, 0.05) is 12.5 Å². The van der Waals surface area contributed by atoms with Crippen LogP contribution in [0.1, 0.15) is 45.4 Å². The van der Waals surface area contributed by atoms with Crippen molar-refractivity contribution in [2.75, 3.05) is 0 Å². The molecule has 84 valence electrons. The first kappa shape index (κ1) is 10.9. The number of hydrogen-bond donors (Lipinski definition) is 1. The molecule has 0 amide bonds. The van der Waals surface area contributed by atoms with Crippen LogP contribution >= 0.6 is 12.2 Å². The van der Waals surface area contributed by atoms with Gasteiger partial charge in [-0.25, -0.2) is 0 Å². The van der Waals surface area contributed by atoms with Crippen LogP contribution < -0.4 is 0 Å². The van der Waals surface area contributed by atoms with Crippen molar-refractivity contribution >= 4 is 12.2 Å². The number of aromatic nitrogens is 3. The molecule has 1 unspecified atom stereocenters. The summed E-state index contributed by atoms with van der Waals surface area (Å²) in [6, 6.07) is 0. The Kier molecular flexibility index (Phi) is 2.96. The Morgan fingerprint density at radius 3 is 2.67 bits per heavy atom. The average Bonchev–Trinajstić information content (AvgIpc) is 2.95. The van der Waals surface area contributed by atoms with Gasteiger partial charge in [-0.15, -0.1) is 0 Å². The van der Waals surface area contributed by atoms with E-state index in [0.29, 0.717) is 17.8 Å². The smallest absolute Gasteiger partial charge is 0.195 e. The molecule has 1 atom stereocenters. The van der Waals surface area contributed by atoms with Gasteiger partial charge in [0.15, 0.2) is 4.77 Å². The van der Waals surface area contributed by atoms with Gasteiger partial charge in [0.05, 0.1) is 0 Å². The average molecular weight is 225 g/mol. The summed E-state index contributed by atoms with van der Waals surface area (Å²) < 4.78 is 2.97. The van der Waals surface area contributed by atoms with Crippen molar-refractivity contribution in [1.82, 2.24) is 14.8 Å². The van der Waals surface area contributed by atoms with Crippen LogP contribution in [0.2, 0.25) is 0 Å². The highest BCUT2D eigenvalue weighted by molar-refractivity contribution is 7.71. The molecular formula is C11H19N3S. The molecule has 1 heterocycles. The zero-order valence-electron chi connectivity index (χ0n) is 9.66. The Balaban J connectivity index is 2.19. The molecule has 0 aliphatic heterocycles. The Morgan fingerprint density at radius 1 is 1.47 bits per heavy atom. The maximum absolute atomic E-state index is 5.27. The van der Waals surface area contributed by atoms with Crippen molar-refractivity contribution in [3.63, 3.8) is 0 Å². The highest BCUT2D eigenvalue weighted by atomic mass is 32.1. The van der Waals surface area contributed by atoms with Crippen LogP contribution in [0.3, 0.4) is 0 Å². The van der Waals surface area contributed by atoms with Crippen molar-refractivity contribution in [2.45, 2.75) is 46.1 Å². The van der Waals surface area contributed by atoms with Gasteiger partial charge in [-0.05, 0) is 36.9 Å². The maximum atomic E-state index is 5.27. The second-order valence-electron chi connectivity index (χ2n) is 4.99. The van der Waals surface area contributed by atoms with E-state index in [9.17, 15) is 0 Å². The summed E-state index contributed by atoms with van der Waals surface area (Å²) in [6.45, 7) is 7.78. The second-order valence-corrected chi connectivity index (χ2v) is 5.38. The van der Waals surface area contributed by atoms with Gasteiger partial charge in [0.1, 0.15) is 5.82 Å². The lowest BCUT2D eigenvalue weighted by molar-refractivity contribution is 0.358. The molecule has 1 aromatic heterocycles. The number of nitrogens with zero attached hydrogens (tertiary/aromatic N) is 2. The number of aromatic amines is 1. The fraction of sp³-hybridized carbons (Fsp3) is 0.818. The molecule has 1 fully saturated rings. The summed E-state index contributed by atoms with van der Waals surface area (Å²) >= 11 is 5.27. The minimum Gasteiger partial charge on any atom is -0.304 e. The van der Waals surface area contributed by atoms with Gasteiger partial charge in [-0.2, -0.15) is 5.10 Å². The highest BCUT2D eigenvalue weighted by Crippen LogP contribution is 2.39. The zero-order valence-corrected chi connectivity index (χ0v) is 10.5. The van der Waals surface area contributed by atoms with E-state index >= 15 is 0 Å². The molecule has 0 spiro atoms. The lowest BCUT2D eigenvalue weighted by Crippen LogP contribution is -2.15. The predicted octanol–water partition coefficient (Wildman–Crippen LogP) is 3.11. The SMILES string of the molecule is CC(C)C(C)Cn1c(C2CC2)n[nH]c1=S. The molecule has 15 heavy (non-hydrogen) atoms. The third kappa shape index (κ3) is 2.30. The largest absolute Gasteiger partial charge is 0.304 e. The molecule has 1 saturated carbocycles. The minimum absolute atomic E-state index is 0.645. The molecular weight excluding hydrogens is 206 g/mol. The third-order valence-corrected chi connectivity index (χ3v) is 3.65. The third-order valence-electron chi connectivity index (χ3n) is 3.34. The van der Waals surface area contributed by atoms with E-state index in [-0.39, 0.29) is 0 Å². The summed E-state index contributed by atoms with van der Waals surface area (Å²) in [5.74, 6) is 3.17. The van der Waals surface area contributed by atoms with E-state index in [0.717, 1.165) is 11.3 Å². The molecule has 1 aliphatic rings. The van der Waals surface area contributed by atoms with Crippen molar-refractivity contribution in [2.24, 2.45) is 11.8 Å². The number of rotatable bonds is 4. The molecule has 0 radical (unpaired) electrons. The molecule has 0 aromatic carbocycles. The zero-order chi connectivity index (χ0) is 11.0. The minimum atomic E-state index is 0.645. The molecule has 1 aromatic rings. The number of nitrogens with one attached hydrogen (secondary N) is 1. The van der Waals surface area contributed by atoms with Crippen LogP contribution in [0.25, 0.3) is 0 Å². The van der Waals surface area contributed by atoms with E-state index in [1.165, 1.54) is 18.7 Å². The first-order chi connectivity index (χ1) is 7.09. The molecule has 4 heteroatoms. The van der Waals surface area contributed by atoms with E-state index < -0.39 is 0 Å². The molecule has 0 saturated heterocycles. The van der Waals surface area contributed by atoms with Crippen LogP contribution in [-0.4, -0.2) is 14.8 Å². The van der Waals surface area contributed by atoms with Gasteiger partial charge in [-0.3, -0.25) is 5.10 Å². The van der Waals surface area contributed by atoms with Crippen molar-refractivity contribution in [1.29, 1.82) is 0 Å². The summed E-state index contributed by atoms with van der Waals surface area (Å²) in [7, 11) is 0. The van der Waals surface area contributed by atoms with Gasteiger partial charge in [-0.1, -0.05) is 20.8 Å². The summed E-state index contributed by atoms with van der Waals surface area (Å²) in [5, 5.41) is 7.25. The van der Waals surface area contributed by atoms with Gasteiger partial charge in [0.2, 0.25) is 0 Å². The monoisotopic (exact) mass is 225 g/mol.